The van der Waals surface area contributed by atoms with E-state index in [1.807, 2.05) is 56.3 Å². The summed E-state index contributed by atoms with van der Waals surface area (Å²) >= 11 is 0. The number of pyridine rings is 1. The summed E-state index contributed by atoms with van der Waals surface area (Å²) in [5.74, 6) is 0.640. The summed E-state index contributed by atoms with van der Waals surface area (Å²) in [6.45, 7) is 3.97. The largest absolute Gasteiger partial charge is 0.497 e. The lowest BCUT2D eigenvalue weighted by Crippen LogP contribution is -2.34. The van der Waals surface area contributed by atoms with Crippen LogP contribution in [0.4, 0.5) is 0 Å². The van der Waals surface area contributed by atoms with E-state index in [2.05, 4.69) is 20.4 Å². The number of methoxy groups -OCH3 is 1. The zero-order valence-electron chi connectivity index (χ0n) is 18.2. The Balaban J connectivity index is 1.59. The molecule has 32 heavy (non-hydrogen) atoms. The minimum atomic E-state index is -0.397. The normalized spacial score (nSPS) is 12.1. The SMILES string of the molecule is COc1ccc(CC(=O)NC(c2cc(=O)n3[nH]c(-c4ccccn4)cc3n2)C(C)C)cc1. The maximum absolute atomic E-state index is 12.8. The van der Waals surface area contributed by atoms with Crippen molar-refractivity contribution in [2.75, 3.05) is 7.11 Å². The summed E-state index contributed by atoms with van der Waals surface area (Å²) in [5, 5.41) is 6.08. The van der Waals surface area contributed by atoms with Crippen LogP contribution in [0.25, 0.3) is 17.0 Å². The second-order valence-electron chi connectivity index (χ2n) is 7.91. The molecule has 1 amide bonds. The molecule has 0 spiro atoms. The van der Waals surface area contributed by atoms with Gasteiger partial charge in [-0.15, -0.1) is 0 Å². The molecule has 0 aliphatic heterocycles. The zero-order chi connectivity index (χ0) is 22.7. The molecule has 0 radical (unpaired) electrons. The number of H-pyrrole nitrogens is 1. The lowest BCUT2D eigenvalue weighted by atomic mass is 10.00. The molecule has 3 aromatic heterocycles. The summed E-state index contributed by atoms with van der Waals surface area (Å²) in [6, 6.07) is 15.8. The van der Waals surface area contributed by atoms with E-state index in [0.29, 0.717) is 22.7 Å². The number of aromatic amines is 1. The van der Waals surface area contributed by atoms with E-state index in [1.54, 1.807) is 19.4 Å². The van der Waals surface area contributed by atoms with E-state index >= 15 is 0 Å². The van der Waals surface area contributed by atoms with E-state index in [0.717, 1.165) is 11.3 Å². The maximum atomic E-state index is 12.8. The van der Waals surface area contributed by atoms with Crippen LogP contribution in [0.1, 0.15) is 31.1 Å². The fourth-order valence-corrected chi connectivity index (χ4v) is 3.56. The van der Waals surface area contributed by atoms with Crippen molar-refractivity contribution in [2.24, 2.45) is 5.92 Å². The van der Waals surface area contributed by atoms with Gasteiger partial charge in [0.15, 0.2) is 5.65 Å². The molecule has 8 nitrogen and oxygen atoms in total. The Morgan fingerprint density at radius 3 is 2.59 bits per heavy atom. The summed E-state index contributed by atoms with van der Waals surface area (Å²) in [6.07, 6.45) is 1.91. The number of ether oxygens (including phenoxy) is 1. The number of rotatable bonds is 7. The molecule has 4 rings (SSSR count). The topological polar surface area (TPSA) is 101 Å². The second-order valence-corrected chi connectivity index (χ2v) is 7.91. The van der Waals surface area contributed by atoms with Gasteiger partial charge in [-0.3, -0.25) is 19.7 Å². The monoisotopic (exact) mass is 431 g/mol. The van der Waals surface area contributed by atoms with Crippen LogP contribution in [0, 0.1) is 5.92 Å². The predicted octanol–water partition coefficient (Wildman–Crippen LogP) is 3.15. The van der Waals surface area contributed by atoms with Gasteiger partial charge in [-0.2, -0.15) is 0 Å². The van der Waals surface area contributed by atoms with Gasteiger partial charge in [0.2, 0.25) is 5.91 Å². The van der Waals surface area contributed by atoms with Gasteiger partial charge >= 0.3 is 0 Å². The minimum Gasteiger partial charge on any atom is -0.497 e. The third kappa shape index (κ3) is 4.54. The smallest absolute Gasteiger partial charge is 0.272 e. The molecule has 0 saturated heterocycles. The Bertz CT molecular complexity index is 1280. The molecule has 0 aliphatic carbocycles. The molecule has 0 bridgehead atoms. The number of hydrogen-bond acceptors (Lipinski definition) is 5. The molecule has 1 aromatic carbocycles. The summed E-state index contributed by atoms with van der Waals surface area (Å²) in [5.41, 5.74) is 3.04. The maximum Gasteiger partial charge on any atom is 0.272 e. The molecular formula is C24H25N5O3. The van der Waals surface area contributed by atoms with Gasteiger partial charge in [-0.1, -0.05) is 32.0 Å². The third-order valence-electron chi connectivity index (χ3n) is 5.24. The first-order chi connectivity index (χ1) is 15.4. The fourth-order valence-electron chi connectivity index (χ4n) is 3.56. The number of hydrogen-bond donors (Lipinski definition) is 2. The van der Waals surface area contributed by atoms with Crippen molar-refractivity contribution >= 4 is 11.6 Å². The number of fused-ring (bicyclic) bond motifs is 1. The quantitative estimate of drug-likeness (QED) is 0.468. The van der Waals surface area contributed by atoms with Crippen molar-refractivity contribution in [2.45, 2.75) is 26.3 Å². The van der Waals surface area contributed by atoms with Crippen molar-refractivity contribution in [3.05, 3.63) is 82.4 Å². The average Bonchev–Trinajstić information content (AvgIpc) is 3.23. The third-order valence-corrected chi connectivity index (χ3v) is 5.24. The zero-order valence-corrected chi connectivity index (χ0v) is 18.2. The summed E-state index contributed by atoms with van der Waals surface area (Å²) in [4.78, 5) is 34.4. The number of aromatic nitrogens is 4. The van der Waals surface area contributed by atoms with Gasteiger partial charge in [0.05, 0.1) is 36.7 Å². The van der Waals surface area contributed by atoms with Crippen molar-refractivity contribution in [1.82, 2.24) is 24.9 Å². The van der Waals surface area contributed by atoms with E-state index < -0.39 is 6.04 Å². The number of benzene rings is 1. The van der Waals surface area contributed by atoms with Gasteiger partial charge in [0.25, 0.3) is 5.56 Å². The standard InChI is InChI=1S/C24H25N5O3/c1-15(2)24(27-22(30)12-16-7-9-17(32-3)10-8-16)20-14-23(31)29-21(26-20)13-19(28-29)18-6-4-5-11-25-18/h4-11,13-15,24,28H,12H2,1-3H3,(H,27,30). The highest BCUT2D eigenvalue weighted by atomic mass is 16.5. The fraction of sp³-hybridized carbons (Fsp3) is 0.250. The molecule has 164 valence electrons. The van der Waals surface area contributed by atoms with Crippen molar-refractivity contribution < 1.29 is 9.53 Å². The van der Waals surface area contributed by atoms with Crippen molar-refractivity contribution in [3.63, 3.8) is 0 Å². The van der Waals surface area contributed by atoms with Crippen LogP contribution >= 0.6 is 0 Å². The summed E-state index contributed by atoms with van der Waals surface area (Å²) < 4.78 is 6.54. The Labute approximate surface area is 185 Å². The minimum absolute atomic E-state index is 0.0402. The average molecular weight is 431 g/mol. The van der Waals surface area contributed by atoms with Crippen LogP contribution in [0.15, 0.2) is 65.6 Å². The van der Waals surface area contributed by atoms with E-state index in [1.165, 1.54) is 10.6 Å². The van der Waals surface area contributed by atoms with Crippen molar-refractivity contribution in [3.8, 4) is 17.1 Å². The molecule has 2 N–H and O–H groups in total. The van der Waals surface area contributed by atoms with Gasteiger partial charge in [-0.25, -0.2) is 9.50 Å². The van der Waals surface area contributed by atoms with Crippen LogP contribution in [0.2, 0.25) is 0 Å². The van der Waals surface area contributed by atoms with E-state index in [4.69, 9.17) is 4.74 Å². The van der Waals surface area contributed by atoms with Gasteiger partial charge in [0, 0.05) is 18.3 Å². The van der Waals surface area contributed by atoms with Crippen LogP contribution in [0.5, 0.6) is 5.75 Å². The Morgan fingerprint density at radius 1 is 1.16 bits per heavy atom. The van der Waals surface area contributed by atoms with Gasteiger partial charge in [0.1, 0.15) is 5.75 Å². The van der Waals surface area contributed by atoms with Crippen LogP contribution in [-0.4, -0.2) is 32.6 Å². The number of carbonyl (C=O) groups is 1. The van der Waals surface area contributed by atoms with Crippen LogP contribution < -0.4 is 15.6 Å². The van der Waals surface area contributed by atoms with Crippen LogP contribution in [-0.2, 0) is 11.2 Å². The number of nitrogens with zero attached hydrogens (tertiary/aromatic N) is 3. The molecule has 0 aliphatic rings. The molecule has 0 fully saturated rings. The highest BCUT2D eigenvalue weighted by molar-refractivity contribution is 5.79. The Hall–Kier alpha value is -3.94. The molecule has 8 heteroatoms. The predicted molar refractivity (Wildman–Crippen MR) is 121 cm³/mol. The lowest BCUT2D eigenvalue weighted by Gasteiger charge is -2.22. The van der Waals surface area contributed by atoms with E-state index in [-0.39, 0.29) is 23.8 Å². The molecular weight excluding hydrogens is 406 g/mol. The second kappa shape index (κ2) is 9.05. The number of carbonyl (C=O) groups excluding carboxylic acids is 1. The molecule has 1 atom stereocenters. The molecule has 4 aromatic rings. The molecule has 1 unspecified atom stereocenters. The number of amides is 1. The Kier molecular flexibility index (Phi) is 6.02. The highest BCUT2D eigenvalue weighted by Crippen LogP contribution is 2.22. The van der Waals surface area contributed by atoms with E-state index in [9.17, 15) is 9.59 Å². The molecule has 3 heterocycles. The first-order valence-electron chi connectivity index (χ1n) is 10.4. The van der Waals surface area contributed by atoms with Gasteiger partial charge < -0.3 is 10.1 Å². The first-order valence-corrected chi connectivity index (χ1v) is 10.4. The highest BCUT2D eigenvalue weighted by Gasteiger charge is 2.22. The first kappa shape index (κ1) is 21.3. The molecule has 0 saturated carbocycles. The van der Waals surface area contributed by atoms with Crippen molar-refractivity contribution in [1.29, 1.82) is 0 Å². The number of nitrogens with one attached hydrogen (secondary N) is 2. The lowest BCUT2D eigenvalue weighted by molar-refractivity contribution is -0.121. The summed E-state index contributed by atoms with van der Waals surface area (Å²) in [7, 11) is 1.60. The van der Waals surface area contributed by atoms with Gasteiger partial charge in [-0.05, 0) is 35.7 Å². The Morgan fingerprint density at radius 2 is 1.94 bits per heavy atom. The van der Waals surface area contributed by atoms with Crippen LogP contribution in [0.3, 0.4) is 0 Å².